The normalized spacial score (nSPS) is 33.0. The van der Waals surface area contributed by atoms with E-state index in [0.29, 0.717) is 11.8 Å². The molecule has 144 valence electrons. The molecular weight excluding hydrogens is 356 g/mol. The van der Waals surface area contributed by atoms with Crippen molar-refractivity contribution in [2.75, 3.05) is 0 Å². The average molecular weight is 378 g/mol. The first-order valence-electron chi connectivity index (χ1n) is 9.89. The molecule has 6 heteroatoms. The monoisotopic (exact) mass is 378 g/mol. The molecule has 2 aromatic carbocycles. The Bertz CT molecular complexity index is 897. The van der Waals surface area contributed by atoms with Crippen molar-refractivity contribution in [3.63, 3.8) is 0 Å². The van der Waals surface area contributed by atoms with Crippen LogP contribution in [0.5, 0.6) is 0 Å². The first kappa shape index (κ1) is 17.3. The lowest BCUT2D eigenvalue weighted by atomic mass is 9.41. The molecule has 0 unspecified atom stereocenters. The van der Waals surface area contributed by atoms with E-state index in [2.05, 4.69) is 0 Å². The summed E-state index contributed by atoms with van der Waals surface area (Å²) in [6.45, 7) is 0. The molecule has 4 fully saturated rings. The van der Waals surface area contributed by atoms with E-state index in [-0.39, 0.29) is 32.1 Å². The second-order valence-electron chi connectivity index (χ2n) is 9.14. The summed E-state index contributed by atoms with van der Waals surface area (Å²) >= 11 is 0. The molecule has 2 aromatic rings. The van der Waals surface area contributed by atoms with Gasteiger partial charge in [-0.3, -0.25) is 20.2 Å². The summed E-state index contributed by atoms with van der Waals surface area (Å²) < 4.78 is 0. The highest BCUT2D eigenvalue weighted by Crippen LogP contribution is 2.66. The van der Waals surface area contributed by atoms with Crippen LogP contribution in [0.25, 0.3) is 0 Å². The molecule has 0 amide bonds. The molecule has 4 saturated carbocycles. The molecule has 0 aromatic heterocycles. The molecule has 6 nitrogen and oxygen atoms in total. The molecule has 0 aliphatic heterocycles. The van der Waals surface area contributed by atoms with E-state index < -0.39 is 0 Å². The Morgan fingerprint density at radius 1 is 0.750 bits per heavy atom. The van der Waals surface area contributed by atoms with Crippen LogP contribution in [0.15, 0.2) is 48.5 Å². The topological polar surface area (TPSA) is 86.3 Å². The molecule has 4 aliphatic rings. The maximum Gasteiger partial charge on any atom is 0.269 e. The zero-order valence-corrected chi connectivity index (χ0v) is 15.5. The van der Waals surface area contributed by atoms with Crippen LogP contribution >= 0.6 is 0 Å². The third kappa shape index (κ3) is 2.54. The van der Waals surface area contributed by atoms with Gasteiger partial charge in [-0.05, 0) is 72.3 Å². The zero-order valence-electron chi connectivity index (χ0n) is 15.5. The minimum absolute atomic E-state index is 0.0548. The molecule has 0 radical (unpaired) electrons. The molecule has 0 saturated heterocycles. The maximum absolute atomic E-state index is 11.3. The van der Waals surface area contributed by atoms with Crippen LogP contribution in [0.1, 0.15) is 49.7 Å². The summed E-state index contributed by atoms with van der Waals surface area (Å²) in [5.74, 6) is 1.17. The van der Waals surface area contributed by atoms with Gasteiger partial charge in [0.15, 0.2) is 0 Å². The van der Waals surface area contributed by atoms with E-state index in [1.54, 1.807) is 36.4 Å². The van der Waals surface area contributed by atoms with Crippen LogP contribution in [-0.2, 0) is 10.8 Å². The third-order valence-electron chi connectivity index (χ3n) is 7.40. The smallest absolute Gasteiger partial charge is 0.258 e. The molecule has 6 rings (SSSR count). The van der Waals surface area contributed by atoms with Gasteiger partial charge in [0.2, 0.25) is 0 Å². The van der Waals surface area contributed by atoms with Gasteiger partial charge in [0.05, 0.1) is 9.85 Å². The lowest BCUT2D eigenvalue weighted by molar-refractivity contribution is -0.385. The fraction of sp³-hybridized carbons (Fsp3) is 0.455. The van der Waals surface area contributed by atoms with Crippen LogP contribution in [-0.4, -0.2) is 9.85 Å². The van der Waals surface area contributed by atoms with Crippen molar-refractivity contribution in [1.29, 1.82) is 0 Å². The Morgan fingerprint density at radius 2 is 1.18 bits per heavy atom. The maximum atomic E-state index is 11.3. The van der Waals surface area contributed by atoms with Crippen molar-refractivity contribution in [3.8, 4) is 0 Å². The number of nitrogens with zero attached hydrogens (tertiary/aromatic N) is 2. The Labute approximate surface area is 162 Å². The quantitative estimate of drug-likeness (QED) is 0.534. The van der Waals surface area contributed by atoms with Gasteiger partial charge >= 0.3 is 0 Å². The number of hydrogen-bond donors (Lipinski definition) is 0. The summed E-state index contributed by atoms with van der Waals surface area (Å²) in [5, 5.41) is 22.6. The molecule has 0 atom stereocenters. The summed E-state index contributed by atoms with van der Waals surface area (Å²) in [5.41, 5.74) is 2.34. The van der Waals surface area contributed by atoms with Crippen LogP contribution < -0.4 is 0 Å². The second kappa shape index (κ2) is 5.87. The lowest BCUT2D eigenvalue weighted by Gasteiger charge is -2.62. The van der Waals surface area contributed by atoms with Gasteiger partial charge in [0.1, 0.15) is 0 Å². The van der Waals surface area contributed by atoms with Gasteiger partial charge in [-0.1, -0.05) is 24.3 Å². The van der Waals surface area contributed by atoms with Gasteiger partial charge in [0.25, 0.3) is 11.4 Å². The standard InChI is InChI=1S/C22H22N2O4/c25-23(26)19-5-1-3-17(8-19)21-10-15-7-16(11-21)13-22(12-15,14-21)18-4-2-6-20(9-18)24(27)28/h1-6,8-9,15-16H,7,10-14H2. The van der Waals surface area contributed by atoms with Crippen molar-refractivity contribution in [2.45, 2.75) is 49.4 Å². The first-order valence-corrected chi connectivity index (χ1v) is 9.89. The van der Waals surface area contributed by atoms with Gasteiger partial charge in [-0.25, -0.2) is 0 Å². The van der Waals surface area contributed by atoms with Crippen molar-refractivity contribution >= 4 is 11.4 Å². The van der Waals surface area contributed by atoms with E-state index in [1.807, 2.05) is 12.1 Å². The van der Waals surface area contributed by atoms with Crippen LogP contribution in [0.3, 0.4) is 0 Å². The number of nitro groups is 2. The third-order valence-corrected chi connectivity index (χ3v) is 7.40. The van der Waals surface area contributed by atoms with E-state index in [1.165, 1.54) is 6.42 Å². The molecule has 0 heterocycles. The Kier molecular flexibility index (Phi) is 3.63. The highest BCUT2D eigenvalue weighted by molar-refractivity contribution is 5.44. The van der Waals surface area contributed by atoms with Crippen molar-refractivity contribution in [2.24, 2.45) is 11.8 Å². The molecule has 4 bridgehead atoms. The van der Waals surface area contributed by atoms with Crippen molar-refractivity contribution in [3.05, 3.63) is 79.9 Å². The summed E-state index contributed by atoms with van der Waals surface area (Å²) in [4.78, 5) is 22.0. The second-order valence-corrected chi connectivity index (χ2v) is 9.14. The van der Waals surface area contributed by atoms with Gasteiger partial charge < -0.3 is 0 Å². The minimum atomic E-state index is -0.319. The Morgan fingerprint density at radius 3 is 1.57 bits per heavy atom. The molecule has 28 heavy (non-hydrogen) atoms. The highest BCUT2D eigenvalue weighted by atomic mass is 16.6. The summed E-state index contributed by atoms with van der Waals surface area (Å²) in [6, 6.07) is 14.3. The van der Waals surface area contributed by atoms with Crippen LogP contribution in [0, 0.1) is 32.1 Å². The lowest BCUT2D eigenvalue weighted by Crippen LogP contribution is -2.55. The van der Waals surface area contributed by atoms with E-state index >= 15 is 0 Å². The number of nitro benzene ring substituents is 2. The minimum Gasteiger partial charge on any atom is -0.258 e. The molecule has 0 spiro atoms. The zero-order chi connectivity index (χ0) is 19.5. The Balaban J connectivity index is 1.60. The highest BCUT2D eigenvalue weighted by Gasteiger charge is 2.58. The van der Waals surface area contributed by atoms with Crippen molar-refractivity contribution in [1.82, 2.24) is 0 Å². The van der Waals surface area contributed by atoms with Gasteiger partial charge in [0, 0.05) is 24.3 Å². The largest absolute Gasteiger partial charge is 0.269 e. The molecular formula is C22H22N2O4. The number of hydrogen-bond acceptors (Lipinski definition) is 4. The number of benzene rings is 2. The van der Waals surface area contributed by atoms with E-state index in [0.717, 1.165) is 43.2 Å². The van der Waals surface area contributed by atoms with Crippen molar-refractivity contribution < 1.29 is 9.85 Å². The first-order chi connectivity index (χ1) is 13.4. The number of rotatable bonds is 4. The van der Waals surface area contributed by atoms with Gasteiger partial charge in [-0.2, -0.15) is 0 Å². The summed E-state index contributed by atoms with van der Waals surface area (Å²) in [7, 11) is 0. The van der Waals surface area contributed by atoms with Crippen LogP contribution in [0.4, 0.5) is 11.4 Å². The predicted molar refractivity (Wildman–Crippen MR) is 104 cm³/mol. The van der Waals surface area contributed by atoms with Gasteiger partial charge in [-0.15, -0.1) is 0 Å². The fourth-order valence-corrected chi connectivity index (χ4v) is 6.84. The Hall–Kier alpha value is -2.76. The summed E-state index contributed by atoms with van der Waals surface area (Å²) in [6.07, 6.45) is 6.42. The molecule has 0 N–H and O–H groups in total. The predicted octanol–water partition coefficient (Wildman–Crippen LogP) is 5.29. The fourth-order valence-electron chi connectivity index (χ4n) is 6.84. The van der Waals surface area contributed by atoms with E-state index in [4.69, 9.17) is 0 Å². The molecule has 4 aliphatic carbocycles. The SMILES string of the molecule is O=[N+]([O-])c1cccc(C23CC4CC(C2)CC(c2cccc([N+](=O)[O-])c2)(C4)C3)c1. The average Bonchev–Trinajstić information content (AvgIpc) is 2.67. The van der Waals surface area contributed by atoms with E-state index in [9.17, 15) is 20.2 Å². The number of non-ortho nitro benzene ring substituents is 2. The van der Waals surface area contributed by atoms with Crippen LogP contribution in [0.2, 0.25) is 0 Å².